The van der Waals surface area contributed by atoms with Gasteiger partial charge in [0.2, 0.25) is 0 Å². The highest BCUT2D eigenvalue weighted by Crippen LogP contribution is 2.43. The lowest BCUT2D eigenvalue weighted by Gasteiger charge is -2.43. The van der Waals surface area contributed by atoms with E-state index >= 15 is 0 Å². The van der Waals surface area contributed by atoms with Crippen LogP contribution in [0.4, 0.5) is 5.13 Å². The van der Waals surface area contributed by atoms with Gasteiger partial charge in [-0.15, -0.1) is 23.7 Å². The van der Waals surface area contributed by atoms with Gasteiger partial charge in [0.25, 0.3) is 0 Å². The van der Waals surface area contributed by atoms with Crippen molar-refractivity contribution in [3.8, 4) is 0 Å². The maximum Gasteiger partial charge on any atom is 0.180 e. The van der Waals surface area contributed by atoms with Gasteiger partial charge < -0.3 is 11.1 Å². The minimum atomic E-state index is 0. The van der Waals surface area contributed by atoms with Crippen LogP contribution >= 0.6 is 39.7 Å². The van der Waals surface area contributed by atoms with Gasteiger partial charge in [-0.2, -0.15) is 0 Å². The second-order valence-corrected chi connectivity index (χ2v) is 7.48. The molecule has 1 aliphatic carbocycles. The van der Waals surface area contributed by atoms with Gasteiger partial charge in [0.05, 0.1) is 0 Å². The first-order valence-electron chi connectivity index (χ1n) is 6.85. The molecule has 1 aliphatic rings. The molecule has 6 heteroatoms. The predicted molar refractivity (Wildman–Crippen MR) is 95.2 cm³/mol. The van der Waals surface area contributed by atoms with Crippen LogP contribution in [0.3, 0.4) is 0 Å². The first-order chi connectivity index (χ1) is 9.68. The molecule has 0 saturated heterocycles. The van der Waals surface area contributed by atoms with Crippen molar-refractivity contribution in [1.29, 1.82) is 0 Å². The minimum Gasteiger partial charge on any atom is -0.375 e. The summed E-state index contributed by atoms with van der Waals surface area (Å²) < 4.78 is 1.16. The van der Waals surface area contributed by atoms with Crippen LogP contribution in [0.1, 0.15) is 29.7 Å². The van der Waals surface area contributed by atoms with Gasteiger partial charge in [-0.1, -0.05) is 34.5 Å². The zero-order chi connectivity index (χ0) is 14.0. The minimum absolute atomic E-state index is 0. The molecule has 2 aromatic rings. The summed E-state index contributed by atoms with van der Waals surface area (Å²) in [7, 11) is 0. The summed E-state index contributed by atoms with van der Waals surface area (Å²) in [5, 5.41) is 4.22. The van der Waals surface area contributed by atoms with Gasteiger partial charge in [-0.3, -0.25) is 0 Å². The van der Waals surface area contributed by atoms with Crippen LogP contribution in [0, 0.1) is 0 Å². The van der Waals surface area contributed by atoms with Crippen LogP contribution in [0.2, 0.25) is 0 Å². The van der Waals surface area contributed by atoms with Crippen LogP contribution in [-0.2, 0) is 12.0 Å². The van der Waals surface area contributed by atoms with Gasteiger partial charge >= 0.3 is 0 Å². The van der Waals surface area contributed by atoms with Crippen LogP contribution in [0.5, 0.6) is 0 Å². The lowest BCUT2D eigenvalue weighted by molar-refractivity contribution is 0.233. The monoisotopic (exact) mass is 387 g/mol. The molecule has 0 amide bonds. The number of nitrogens with two attached hydrogens (primary N) is 1. The SMILES string of the molecule is Cl.Nc1ncc(CNCC2(c3cccc(Br)c3)CCC2)s1. The fourth-order valence-electron chi connectivity index (χ4n) is 2.82. The van der Waals surface area contributed by atoms with Crippen molar-refractivity contribution < 1.29 is 0 Å². The average molecular weight is 389 g/mol. The molecular formula is C15H19BrClN3S. The highest BCUT2D eigenvalue weighted by Gasteiger charge is 2.38. The van der Waals surface area contributed by atoms with E-state index in [0.29, 0.717) is 10.5 Å². The van der Waals surface area contributed by atoms with Gasteiger partial charge in [0, 0.05) is 34.1 Å². The first kappa shape index (κ1) is 16.7. The smallest absolute Gasteiger partial charge is 0.180 e. The van der Waals surface area contributed by atoms with Crippen molar-refractivity contribution in [1.82, 2.24) is 10.3 Å². The van der Waals surface area contributed by atoms with Crippen molar-refractivity contribution in [2.45, 2.75) is 31.2 Å². The fraction of sp³-hybridized carbons (Fsp3) is 0.400. The molecule has 0 spiro atoms. The van der Waals surface area contributed by atoms with E-state index in [-0.39, 0.29) is 12.4 Å². The first-order valence-corrected chi connectivity index (χ1v) is 8.46. The molecule has 0 radical (unpaired) electrons. The van der Waals surface area contributed by atoms with Crippen molar-refractivity contribution >= 4 is 44.8 Å². The number of thiazole rings is 1. The summed E-state index contributed by atoms with van der Waals surface area (Å²) >= 11 is 5.13. The van der Waals surface area contributed by atoms with E-state index in [1.807, 2.05) is 6.20 Å². The number of nitrogens with one attached hydrogen (secondary N) is 1. The van der Waals surface area contributed by atoms with E-state index in [4.69, 9.17) is 5.73 Å². The molecule has 21 heavy (non-hydrogen) atoms. The zero-order valence-corrected chi connectivity index (χ0v) is 14.9. The number of hydrogen-bond acceptors (Lipinski definition) is 4. The number of nitrogens with zero attached hydrogens (tertiary/aromatic N) is 1. The fourth-order valence-corrected chi connectivity index (χ4v) is 3.87. The standard InChI is InChI=1S/C15H18BrN3S.ClH/c16-12-4-1-3-11(7-12)15(5-2-6-15)10-18-8-13-9-19-14(17)20-13;/h1,3-4,7,9,18H,2,5-6,8,10H2,(H2,17,19);1H. The topological polar surface area (TPSA) is 50.9 Å². The highest BCUT2D eigenvalue weighted by atomic mass is 79.9. The normalized spacial score (nSPS) is 16.0. The Morgan fingerprint density at radius 3 is 2.76 bits per heavy atom. The summed E-state index contributed by atoms with van der Waals surface area (Å²) in [6.45, 7) is 1.87. The largest absolute Gasteiger partial charge is 0.375 e. The van der Waals surface area contributed by atoms with Crippen LogP contribution in [0.25, 0.3) is 0 Å². The maximum absolute atomic E-state index is 5.66. The lowest BCUT2D eigenvalue weighted by Crippen LogP contribution is -2.43. The van der Waals surface area contributed by atoms with Crippen LogP contribution in [0.15, 0.2) is 34.9 Å². The number of anilines is 1. The molecule has 0 atom stereocenters. The molecule has 114 valence electrons. The molecular weight excluding hydrogens is 370 g/mol. The van der Waals surface area contributed by atoms with Crippen molar-refractivity contribution in [3.63, 3.8) is 0 Å². The summed E-state index contributed by atoms with van der Waals surface area (Å²) in [6, 6.07) is 8.72. The number of benzene rings is 1. The van der Waals surface area contributed by atoms with Gasteiger partial charge in [-0.25, -0.2) is 4.98 Å². The Labute approximate surface area is 143 Å². The average Bonchev–Trinajstić information content (AvgIpc) is 2.78. The van der Waals surface area contributed by atoms with Crippen LogP contribution in [-0.4, -0.2) is 11.5 Å². The Kier molecular flexibility index (Phi) is 5.66. The Hall–Kier alpha value is -0.620. The van der Waals surface area contributed by atoms with Crippen molar-refractivity contribution in [2.75, 3.05) is 12.3 Å². The van der Waals surface area contributed by atoms with E-state index in [2.05, 4.69) is 50.5 Å². The number of hydrogen-bond donors (Lipinski definition) is 2. The van der Waals surface area contributed by atoms with Gasteiger partial charge in [-0.05, 0) is 30.5 Å². The summed E-state index contributed by atoms with van der Waals surface area (Å²) in [5.41, 5.74) is 7.40. The van der Waals surface area contributed by atoms with Gasteiger partial charge in [0.1, 0.15) is 0 Å². The molecule has 0 aliphatic heterocycles. The molecule has 3 N–H and O–H groups in total. The maximum atomic E-state index is 5.66. The molecule has 3 rings (SSSR count). The van der Waals surface area contributed by atoms with Crippen molar-refractivity contribution in [3.05, 3.63) is 45.4 Å². The summed E-state index contributed by atoms with van der Waals surface area (Å²) in [5.74, 6) is 0. The second-order valence-electron chi connectivity index (χ2n) is 5.41. The molecule has 0 unspecified atom stereocenters. The molecule has 1 aromatic carbocycles. The second kappa shape index (κ2) is 7.09. The number of nitrogen functional groups attached to an aromatic ring is 1. The number of rotatable bonds is 5. The Bertz CT molecular complexity index is 598. The third-order valence-electron chi connectivity index (χ3n) is 4.08. The lowest BCUT2D eigenvalue weighted by atomic mass is 9.64. The van der Waals surface area contributed by atoms with E-state index < -0.39 is 0 Å². The quantitative estimate of drug-likeness (QED) is 0.810. The van der Waals surface area contributed by atoms with Crippen LogP contribution < -0.4 is 11.1 Å². The van der Waals surface area contributed by atoms with Crippen molar-refractivity contribution in [2.24, 2.45) is 0 Å². The zero-order valence-electron chi connectivity index (χ0n) is 11.6. The van der Waals surface area contributed by atoms with E-state index in [1.165, 1.54) is 29.7 Å². The highest BCUT2D eigenvalue weighted by molar-refractivity contribution is 9.10. The molecule has 1 fully saturated rings. The number of halogens is 2. The Balaban J connectivity index is 0.00000161. The van der Waals surface area contributed by atoms with Gasteiger partial charge in [0.15, 0.2) is 5.13 Å². The molecule has 3 nitrogen and oxygen atoms in total. The predicted octanol–water partition coefficient (Wildman–Crippen LogP) is 4.12. The van der Waals surface area contributed by atoms with E-state index in [0.717, 1.165) is 17.6 Å². The summed E-state index contributed by atoms with van der Waals surface area (Å²) in [4.78, 5) is 5.29. The molecule has 1 aromatic heterocycles. The van der Waals surface area contributed by atoms with E-state index in [9.17, 15) is 0 Å². The Morgan fingerprint density at radius 1 is 1.38 bits per heavy atom. The van der Waals surface area contributed by atoms with E-state index in [1.54, 1.807) is 11.3 Å². The Morgan fingerprint density at radius 2 is 2.19 bits per heavy atom. The molecule has 1 saturated carbocycles. The molecule has 0 bridgehead atoms. The number of aromatic nitrogens is 1. The molecule has 1 heterocycles. The third kappa shape index (κ3) is 3.77. The summed E-state index contributed by atoms with van der Waals surface area (Å²) in [6.07, 6.45) is 5.71. The third-order valence-corrected chi connectivity index (χ3v) is 5.40.